The fourth-order valence-corrected chi connectivity index (χ4v) is 4.39. The van der Waals surface area contributed by atoms with Crippen LogP contribution in [0.1, 0.15) is 52.2 Å². The van der Waals surface area contributed by atoms with Gasteiger partial charge in [-0.2, -0.15) is 13.2 Å². The van der Waals surface area contributed by atoms with Gasteiger partial charge in [-0.15, -0.1) is 11.3 Å². The molecule has 0 atom stereocenters. The highest BCUT2D eigenvalue weighted by Crippen LogP contribution is 2.35. The van der Waals surface area contributed by atoms with Gasteiger partial charge in [0.15, 0.2) is 5.78 Å². The average Bonchev–Trinajstić information content (AvgIpc) is 3.12. The Balaban J connectivity index is 1.66. The minimum Gasteiger partial charge on any atom is -0.494 e. The highest BCUT2D eigenvalue weighted by molar-refractivity contribution is 7.51. The van der Waals surface area contributed by atoms with Gasteiger partial charge in [-0.05, 0) is 62.1 Å². The van der Waals surface area contributed by atoms with Gasteiger partial charge in [0.05, 0.1) is 17.0 Å². The third kappa shape index (κ3) is 9.00. The van der Waals surface area contributed by atoms with Gasteiger partial charge in [0, 0.05) is 17.5 Å². The molecule has 0 unspecified atom stereocenters. The van der Waals surface area contributed by atoms with Crippen molar-refractivity contribution in [3.8, 4) is 5.75 Å². The number of Topliss-reactive ketones (excluding diaryl/α,β-unsaturated/α-hetero) is 1. The number of halogens is 3. The lowest BCUT2D eigenvalue weighted by atomic mass is 10.2. The number of carbonyl (C=O) groups excluding carboxylic acids is 1. The van der Waals surface area contributed by atoms with E-state index in [1.54, 1.807) is 6.07 Å². The molecule has 166 valence electrons. The van der Waals surface area contributed by atoms with E-state index in [1.807, 2.05) is 6.07 Å². The molecule has 2 N–H and O–H groups in total. The van der Waals surface area contributed by atoms with Crippen molar-refractivity contribution in [2.75, 3.05) is 12.8 Å². The summed E-state index contributed by atoms with van der Waals surface area (Å²) in [4.78, 5) is 31.6. The summed E-state index contributed by atoms with van der Waals surface area (Å²) in [6.45, 7) is 0.231. The molecule has 0 fully saturated rings. The molecule has 0 radical (unpaired) electrons. The maximum atomic E-state index is 12.5. The summed E-state index contributed by atoms with van der Waals surface area (Å²) >= 11 is 1.41. The first-order valence-corrected chi connectivity index (χ1v) is 12.1. The summed E-state index contributed by atoms with van der Waals surface area (Å²) in [7, 11) is -3.93. The molecule has 0 aliphatic rings. The summed E-state index contributed by atoms with van der Waals surface area (Å²) < 4.78 is 53.7. The van der Waals surface area contributed by atoms with Crippen LogP contribution in [0.5, 0.6) is 5.75 Å². The van der Waals surface area contributed by atoms with E-state index >= 15 is 0 Å². The Morgan fingerprint density at radius 1 is 1.00 bits per heavy atom. The molecule has 5 nitrogen and oxygen atoms in total. The van der Waals surface area contributed by atoms with Gasteiger partial charge in [-0.1, -0.05) is 6.42 Å². The van der Waals surface area contributed by atoms with Gasteiger partial charge >= 0.3 is 13.8 Å². The van der Waals surface area contributed by atoms with E-state index in [1.165, 1.54) is 23.5 Å². The van der Waals surface area contributed by atoms with E-state index in [-0.39, 0.29) is 25.0 Å². The number of aryl methyl sites for hydroxylation is 1. The van der Waals surface area contributed by atoms with Crippen LogP contribution in [0.4, 0.5) is 13.2 Å². The van der Waals surface area contributed by atoms with E-state index in [0.29, 0.717) is 29.9 Å². The van der Waals surface area contributed by atoms with Gasteiger partial charge in [-0.3, -0.25) is 9.36 Å². The highest BCUT2D eigenvalue weighted by atomic mass is 32.1. The molecule has 1 heterocycles. The molecule has 2 aromatic rings. The van der Waals surface area contributed by atoms with Crippen LogP contribution < -0.4 is 4.74 Å². The van der Waals surface area contributed by atoms with Crippen molar-refractivity contribution in [1.29, 1.82) is 0 Å². The number of hydrogen-bond acceptors (Lipinski definition) is 4. The molecule has 30 heavy (non-hydrogen) atoms. The second-order valence-corrected chi connectivity index (χ2v) is 9.81. The average molecular weight is 464 g/mol. The summed E-state index contributed by atoms with van der Waals surface area (Å²) in [6, 6.07) is 8.10. The molecule has 1 aromatic heterocycles. The molecule has 0 spiro atoms. The Morgan fingerprint density at radius 3 is 2.33 bits per heavy atom. The predicted octanol–water partition coefficient (Wildman–Crippen LogP) is 5.70. The van der Waals surface area contributed by atoms with Crippen molar-refractivity contribution < 1.29 is 37.1 Å². The topological polar surface area (TPSA) is 83.8 Å². The van der Waals surface area contributed by atoms with Crippen molar-refractivity contribution in [3.63, 3.8) is 0 Å². The van der Waals surface area contributed by atoms with Gasteiger partial charge in [0.25, 0.3) is 0 Å². The van der Waals surface area contributed by atoms with Crippen LogP contribution in [0, 0.1) is 0 Å². The standard InChI is InChI=1S/C20H24F3O5PS/c21-20(22,23)15-7-9-16(10-8-15)28-13-4-6-18(24)19-12-11-17(30-19)5-2-1-3-14-29(25,26)27/h7-12H,1-6,13-14H2,(H2,25,26,27). The Bertz CT molecular complexity index is 858. The summed E-state index contributed by atoms with van der Waals surface area (Å²) in [5.41, 5.74) is -0.736. The van der Waals surface area contributed by atoms with Crippen molar-refractivity contribution >= 4 is 24.7 Å². The second kappa shape index (κ2) is 11.1. The molecule has 0 bridgehead atoms. The zero-order chi connectivity index (χ0) is 22.2. The molecule has 0 saturated carbocycles. The number of hydrogen-bond donors (Lipinski definition) is 2. The molecule has 2 rings (SSSR count). The second-order valence-electron chi connectivity index (χ2n) is 6.86. The number of carbonyl (C=O) groups is 1. The first kappa shape index (κ1) is 24.6. The quantitative estimate of drug-likeness (QED) is 0.239. The molecule has 0 aliphatic heterocycles. The fourth-order valence-electron chi connectivity index (χ4n) is 2.74. The Kier molecular flexibility index (Phi) is 9.09. The van der Waals surface area contributed by atoms with E-state index < -0.39 is 19.3 Å². The first-order valence-electron chi connectivity index (χ1n) is 9.51. The van der Waals surface area contributed by atoms with Crippen LogP contribution in [0.15, 0.2) is 36.4 Å². The summed E-state index contributed by atoms with van der Waals surface area (Å²) in [6.07, 6.45) is -0.999. The smallest absolute Gasteiger partial charge is 0.416 e. The predicted molar refractivity (Wildman–Crippen MR) is 109 cm³/mol. The zero-order valence-corrected chi connectivity index (χ0v) is 17.9. The number of ether oxygens (including phenoxy) is 1. The first-order chi connectivity index (χ1) is 14.0. The highest BCUT2D eigenvalue weighted by Gasteiger charge is 2.30. The summed E-state index contributed by atoms with van der Waals surface area (Å²) in [5.74, 6) is 0.316. The number of thiophene rings is 1. The maximum absolute atomic E-state index is 12.5. The zero-order valence-electron chi connectivity index (χ0n) is 16.2. The number of benzene rings is 1. The normalized spacial score (nSPS) is 12.2. The molecule has 0 aliphatic carbocycles. The van der Waals surface area contributed by atoms with E-state index in [9.17, 15) is 22.5 Å². The van der Waals surface area contributed by atoms with Gasteiger partial charge in [0.2, 0.25) is 0 Å². The molecule has 10 heteroatoms. The molecule has 1 aromatic carbocycles. The lowest BCUT2D eigenvalue weighted by Crippen LogP contribution is -2.05. The van der Waals surface area contributed by atoms with Gasteiger partial charge < -0.3 is 14.5 Å². The number of alkyl halides is 3. The number of ketones is 1. The molecular weight excluding hydrogens is 440 g/mol. The van der Waals surface area contributed by atoms with Crippen LogP contribution in [0.2, 0.25) is 0 Å². The van der Waals surface area contributed by atoms with Gasteiger partial charge in [-0.25, -0.2) is 0 Å². The molecular formula is C20H24F3O5PS. The lowest BCUT2D eigenvalue weighted by Gasteiger charge is -2.09. The third-order valence-electron chi connectivity index (χ3n) is 4.31. The minimum atomic E-state index is -4.38. The van der Waals surface area contributed by atoms with Crippen molar-refractivity contribution in [2.45, 2.75) is 44.7 Å². The van der Waals surface area contributed by atoms with Crippen molar-refractivity contribution in [3.05, 3.63) is 51.7 Å². The Hall–Kier alpha value is -1.67. The van der Waals surface area contributed by atoms with Crippen molar-refractivity contribution in [1.82, 2.24) is 0 Å². The largest absolute Gasteiger partial charge is 0.494 e. The Morgan fingerprint density at radius 2 is 1.70 bits per heavy atom. The van der Waals surface area contributed by atoms with Crippen LogP contribution >= 0.6 is 18.9 Å². The van der Waals surface area contributed by atoms with Crippen LogP contribution in [-0.2, 0) is 17.2 Å². The maximum Gasteiger partial charge on any atom is 0.416 e. The van der Waals surface area contributed by atoms with Crippen molar-refractivity contribution in [2.24, 2.45) is 0 Å². The van der Waals surface area contributed by atoms with Crippen LogP contribution in [-0.4, -0.2) is 28.3 Å². The SMILES string of the molecule is O=C(CCCOc1ccc(C(F)(F)F)cc1)c1ccc(CCCCCP(=O)(O)O)s1. The van der Waals surface area contributed by atoms with Crippen LogP contribution in [0.3, 0.4) is 0 Å². The van der Waals surface area contributed by atoms with Gasteiger partial charge in [0.1, 0.15) is 5.75 Å². The van der Waals surface area contributed by atoms with Crippen LogP contribution in [0.25, 0.3) is 0 Å². The van der Waals surface area contributed by atoms with E-state index in [2.05, 4.69) is 0 Å². The number of unbranched alkanes of at least 4 members (excludes halogenated alkanes) is 2. The summed E-state index contributed by atoms with van der Waals surface area (Å²) in [5, 5.41) is 0. The monoisotopic (exact) mass is 464 g/mol. The van der Waals surface area contributed by atoms with E-state index in [4.69, 9.17) is 14.5 Å². The fraction of sp³-hybridized carbons (Fsp3) is 0.450. The lowest BCUT2D eigenvalue weighted by molar-refractivity contribution is -0.137. The molecule has 0 saturated heterocycles. The Labute approximate surface area is 177 Å². The molecule has 0 amide bonds. The minimum absolute atomic E-state index is 0.0104. The third-order valence-corrected chi connectivity index (χ3v) is 6.39. The number of rotatable bonds is 12. The van der Waals surface area contributed by atoms with E-state index in [0.717, 1.165) is 29.9 Å².